The molecule has 2 aromatic carbocycles. The molecule has 0 saturated carbocycles. The molecule has 4 heteroatoms. The molecule has 0 amide bonds. The largest absolute Gasteiger partial charge is 0.383 e. The monoisotopic (exact) mass is 389 g/mol. The summed E-state index contributed by atoms with van der Waals surface area (Å²) >= 11 is 0. The molecule has 3 aromatic rings. The Morgan fingerprint density at radius 3 is 2.59 bits per heavy atom. The van der Waals surface area contributed by atoms with Gasteiger partial charge in [-0.15, -0.1) is 0 Å². The van der Waals surface area contributed by atoms with Gasteiger partial charge in [-0.25, -0.2) is 0 Å². The SMILES string of the molecule is Cn1ccc2cc(CN3CC[C@](O)(c4ccccc4)[C@H](N4CCCC4)C3)ccc21. The molecule has 1 aromatic heterocycles. The number of likely N-dealkylation sites (tertiary alicyclic amines) is 2. The molecule has 2 atom stereocenters. The van der Waals surface area contributed by atoms with Crippen LogP contribution in [0.4, 0.5) is 0 Å². The number of aromatic nitrogens is 1. The Bertz CT molecular complexity index is 976. The zero-order chi connectivity index (χ0) is 19.8. The molecule has 0 aliphatic carbocycles. The second kappa shape index (κ2) is 7.60. The van der Waals surface area contributed by atoms with Crippen LogP contribution in [0.2, 0.25) is 0 Å². The van der Waals surface area contributed by atoms with Crippen molar-refractivity contribution in [3.8, 4) is 0 Å². The van der Waals surface area contributed by atoms with E-state index < -0.39 is 5.60 Å². The van der Waals surface area contributed by atoms with Gasteiger partial charge in [-0.05, 0) is 67.1 Å². The van der Waals surface area contributed by atoms with Gasteiger partial charge >= 0.3 is 0 Å². The number of aliphatic hydroxyl groups is 1. The minimum atomic E-state index is -0.758. The van der Waals surface area contributed by atoms with Crippen LogP contribution in [-0.2, 0) is 19.2 Å². The van der Waals surface area contributed by atoms with E-state index in [1.165, 1.54) is 29.3 Å². The second-order valence-corrected chi connectivity index (χ2v) is 8.85. The first-order valence-corrected chi connectivity index (χ1v) is 10.9. The van der Waals surface area contributed by atoms with Gasteiger partial charge in [0.25, 0.3) is 0 Å². The average molecular weight is 390 g/mol. The molecular weight excluding hydrogens is 358 g/mol. The number of benzene rings is 2. The van der Waals surface area contributed by atoms with Crippen molar-refractivity contribution in [3.63, 3.8) is 0 Å². The summed E-state index contributed by atoms with van der Waals surface area (Å²) in [6.07, 6.45) is 5.39. The van der Waals surface area contributed by atoms with Crippen molar-refractivity contribution in [1.29, 1.82) is 0 Å². The number of hydrogen-bond donors (Lipinski definition) is 1. The standard InChI is InChI=1S/C25H31N3O/c1-26-15-11-21-17-20(9-10-23(21)26)18-27-16-12-25(29,22-7-3-2-4-8-22)24(19-27)28-13-5-6-14-28/h2-4,7-11,15,17,24,29H,5-6,12-14,16,18-19H2,1H3/t24-,25+/m1/s1. The van der Waals surface area contributed by atoms with Crippen LogP contribution < -0.4 is 0 Å². The topological polar surface area (TPSA) is 31.6 Å². The lowest BCUT2D eigenvalue weighted by Crippen LogP contribution is -2.60. The quantitative estimate of drug-likeness (QED) is 0.738. The molecule has 4 nitrogen and oxygen atoms in total. The molecule has 2 aliphatic rings. The van der Waals surface area contributed by atoms with E-state index in [2.05, 4.69) is 76.1 Å². The van der Waals surface area contributed by atoms with E-state index in [4.69, 9.17) is 0 Å². The Balaban J connectivity index is 1.39. The molecule has 0 spiro atoms. The third-order valence-electron chi connectivity index (χ3n) is 7.00. The molecule has 2 aliphatic heterocycles. The van der Waals surface area contributed by atoms with Gasteiger partial charge in [-0.2, -0.15) is 0 Å². The van der Waals surface area contributed by atoms with Crippen LogP contribution in [0.15, 0.2) is 60.8 Å². The van der Waals surface area contributed by atoms with Gasteiger partial charge < -0.3 is 9.67 Å². The van der Waals surface area contributed by atoms with Crippen LogP contribution >= 0.6 is 0 Å². The van der Waals surface area contributed by atoms with Crippen LogP contribution in [0, 0.1) is 0 Å². The smallest absolute Gasteiger partial charge is 0.108 e. The average Bonchev–Trinajstić information content (AvgIpc) is 3.40. The number of nitrogens with zero attached hydrogens (tertiary/aromatic N) is 3. The highest BCUT2D eigenvalue weighted by molar-refractivity contribution is 5.80. The van der Waals surface area contributed by atoms with Crippen LogP contribution in [0.5, 0.6) is 0 Å². The van der Waals surface area contributed by atoms with E-state index in [1.807, 2.05) is 6.07 Å². The molecule has 0 bridgehead atoms. The first-order chi connectivity index (χ1) is 14.1. The van der Waals surface area contributed by atoms with Gasteiger partial charge in [0.1, 0.15) is 5.60 Å². The maximum absolute atomic E-state index is 11.8. The molecule has 1 N–H and O–H groups in total. The molecule has 2 fully saturated rings. The lowest BCUT2D eigenvalue weighted by atomic mass is 9.79. The summed E-state index contributed by atoms with van der Waals surface area (Å²) in [7, 11) is 2.09. The molecule has 3 heterocycles. The molecule has 29 heavy (non-hydrogen) atoms. The van der Waals surface area contributed by atoms with Gasteiger partial charge in [0.15, 0.2) is 0 Å². The van der Waals surface area contributed by atoms with Crippen molar-refractivity contribution in [2.45, 2.75) is 37.5 Å². The van der Waals surface area contributed by atoms with E-state index in [0.29, 0.717) is 0 Å². The number of hydrogen-bond acceptors (Lipinski definition) is 3. The molecule has 0 unspecified atom stereocenters. The Kier molecular flexibility index (Phi) is 4.94. The molecular formula is C25H31N3O. The van der Waals surface area contributed by atoms with Gasteiger partial charge in [0.2, 0.25) is 0 Å². The van der Waals surface area contributed by atoms with Gasteiger partial charge in [0.05, 0.1) is 6.04 Å². The maximum Gasteiger partial charge on any atom is 0.108 e. The maximum atomic E-state index is 11.8. The summed E-state index contributed by atoms with van der Waals surface area (Å²) in [5.74, 6) is 0. The van der Waals surface area contributed by atoms with Crippen molar-refractivity contribution in [2.75, 3.05) is 26.2 Å². The third-order valence-corrected chi connectivity index (χ3v) is 7.00. The first kappa shape index (κ1) is 18.9. The minimum absolute atomic E-state index is 0.154. The molecule has 2 saturated heterocycles. The first-order valence-electron chi connectivity index (χ1n) is 10.9. The predicted octanol–water partition coefficient (Wildman–Crippen LogP) is 3.74. The predicted molar refractivity (Wildman–Crippen MR) is 118 cm³/mol. The van der Waals surface area contributed by atoms with E-state index >= 15 is 0 Å². The van der Waals surface area contributed by atoms with Crippen LogP contribution in [0.3, 0.4) is 0 Å². The summed E-state index contributed by atoms with van der Waals surface area (Å²) in [5, 5.41) is 13.1. The van der Waals surface area contributed by atoms with E-state index in [-0.39, 0.29) is 6.04 Å². The van der Waals surface area contributed by atoms with Crippen molar-refractivity contribution < 1.29 is 5.11 Å². The lowest BCUT2D eigenvalue weighted by Gasteiger charge is -2.48. The third kappa shape index (κ3) is 3.50. The minimum Gasteiger partial charge on any atom is -0.383 e. The summed E-state index contributed by atoms with van der Waals surface area (Å²) in [5.41, 5.74) is 2.95. The zero-order valence-corrected chi connectivity index (χ0v) is 17.3. The van der Waals surface area contributed by atoms with Gasteiger partial charge in [0, 0.05) is 38.4 Å². The molecule has 5 rings (SSSR count). The lowest BCUT2D eigenvalue weighted by molar-refractivity contribution is -0.0959. The highest BCUT2D eigenvalue weighted by Crippen LogP contribution is 2.37. The zero-order valence-electron chi connectivity index (χ0n) is 17.3. The van der Waals surface area contributed by atoms with E-state index in [0.717, 1.165) is 44.7 Å². The van der Waals surface area contributed by atoms with Crippen LogP contribution in [-0.4, -0.2) is 51.7 Å². The summed E-state index contributed by atoms with van der Waals surface area (Å²) in [6, 6.07) is 19.5. The van der Waals surface area contributed by atoms with Crippen LogP contribution in [0.1, 0.15) is 30.4 Å². The Morgan fingerprint density at radius 1 is 1.00 bits per heavy atom. The Labute approximate surface area is 173 Å². The Morgan fingerprint density at radius 2 is 1.79 bits per heavy atom. The van der Waals surface area contributed by atoms with Crippen molar-refractivity contribution in [3.05, 3.63) is 71.9 Å². The van der Waals surface area contributed by atoms with Crippen molar-refractivity contribution in [2.24, 2.45) is 7.05 Å². The molecule has 0 radical (unpaired) electrons. The van der Waals surface area contributed by atoms with Gasteiger partial charge in [-0.1, -0.05) is 36.4 Å². The molecule has 152 valence electrons. The number of rotatable bonds is 4. The summed E-state index contributed by atoms with van der Waals surface area (Å²) in [6.45, 7) is 4.98. The van der Waals surface area contributed by atoms with Crippen molar-refractivity contribution >= 4 is 10.9 Å². The summed E-state index contributed by atoms with van der Waals surface area (Å²) < 4.78 is 2.17. The highest BCUT2D eigenvalue weighted by Gasteiger charge is 2.46. The Hall–Kier alpha value is -2.14. The van der Waals surface area contributed by atoms with Crippen molar-refractivity contribution in [1.82, 2.24) is 14.4 Å². The normalized spacial score (nSPS) is 26.3. The fourth-order valence-corrected chi connectivity index (χ4v) is 5.35. The number of aryl methyl sites for hydroxylation is 1. The fourth-order valence-electron chi connectivity index (χ4n) is 5.35. The van der Waals surface area contributed by atoms with E-state index in [9.17, 15) is 5.11 Å². The summed E-state index contributed by atoms with van der Waals surface area (Å²) in [4.78, 5) is 5.06. The number of piperidine rings is 1. The highest BCUT2D eigenvalue weighted by atomic mass is 16.3. The van der Waals surface area contributed by atoms with Crippen LogP contribution in [0.25, 0.3) is 10.9 Å². The van der Waals surface area contributed by atoms with Gasteiger partial charge in [-0.3, -0.25) is 9.80 Å². The fraction of sp³-hybridized carbons (Fsp3) is 0.440. The number of fused-ring (bicyclic) bond motifs is 1. The van der Waals surface area contributed by atoms with E-state index in [1.54, 1.807) is 0 Å². The second-order valence-electron chi connectivity index (χ2n) is 8.85.